The van der Waals surface area contributed by atoms with Gasteiger partial charge >= 0.3 is 0 Å². The third-order valence-electron chi connectivity index (χ3n) is 2.41. The summed E-state index contributed by atoms with van der Waals surface area (Å²) in [5, 5.41) is 19.5. The zero-order valence-electron chi connectivity index (χ0n) is 9.84. The molecule has 0 radical (unpaired) electrons. The molecule has 2 rings (SSSR count). The normalized spacial score (nSPS) is 9.85. The quantitative estimate of drug-likeness (QED) is 0.631. The highest BCUT2D eigenvalue weighted by Gasteiger charge is 2.12. The lowest BCUT2D eigenvalue weighted by atomic mass is 10.2. The Morgan fingerprint density at radius 3 is 2.65 bits per heavy atom. The van der Waals surface area contributed by atoms with Gasteiger partial charge in [0.1, 0.15) is 28.9 Å². The van der Waals surface area contributed by atoms with E-state index in [1.807, 2.05) is 0 Å². The van der Waals surface area contributed by atoms with Crippen molar-refractivity contribution >= 4 is 17.3 Å². The fraction of sp³-hybridized carbons (Fsp3) is 0. The topological polar surface area (TPSA) is 76.2 Å². The fourth-order valence-corrected chi connectivity index (χ4v) is 1.65. The van der Waals surface area contributed by atoms with Gasteiger partial charge in [0.05, 0.1) is 9.95 Å². The summed E-state index contributed by atoms with van der Waals surface area (Å²) in [5.74, 6) is -0.245. The fourth-order valence-electron chi connectivity index (χ4n) is 1.48. The second kappa shape index (κ2) is 5.55. The molecule has 0 heterocycles. The molecule has 5 nitrogen and oxygen atoms in total. The summed E-state index contributed by atoms with van der Waals surface area (Å²) in [6.07, 6.45) is 0. The monoisotopic (exact) mass is 292 g/mol. The Bertz CT molecular complexity index is 728. The molecule has 0 aliphatic rings. The minimum absolute atomic E-state index is 0.000326. The van der Waals surface area contributed by atoms with Gasteiger partial charge in [0.15, 0.2) is 0 Å². The van der Waals surface area contributed by atoms with Gasteiger partial charge in [-0.25, -0.2) is 4.39 Å². The summed E-state index contributed by atoms with van der Waals surface area (Å²) >= 11 is 5.61. The van der Waals surface area contributed by atoms with Crippen LogP contribution in [0.3, 0.4) is 0 Å². The summed E-state index contributed by atoms with van der Waals surface area (Å²) < 4.78 is 18.4. The standard InChI is InChI=1S/C13H6ClFN2O3/c14-11-6-10(2-3-12(11)15)20-13-4-1-9(17(18)19)5-8(13)7-16/h1-6H. The van der Waals surface area contributed by atoms with Gasteiger partial charge in [-0.1, -0.05) is 11.6 Å². The van der Waals surface area contributed by atoms with E-state index in [0.717, 1.165) is 12.1 Å². The van der Waals surface area contributed by atoms with Gasteiger partial charge in [-0.05, 0) is 18.2 Å². The van der Waals surface area contributed by atoms with Gasteiger partial charge in [0.2, 0.25) is 0 Å². The minimum atomic E-state index is -0.612. The number of ether oxygens (including phenoxy) is 1. The molecule has 2 aromatic rings. The second-order valence-electron chi connectivity index (χ2n) is 3.73. The van der Waals surface area contributed by atoms with Crippen molar-refractivity contribution in [2.45, 2.75) is 0 Å². The number of nitro benzene ring substituents is 1. The molecular formula is C13H6ClFN2O3. The SMILES string of the molecule is N#Cc1cc([N+](=O)[O-])ccc1Oc1ccc(F)c(Cl)c1. The lowest BCUT2D eigenvalue weighted by Gasteiger charge is -2.07. The van der Waals surface area contributed by atoms with E-state index in [9.17, 15) is 14.5 Å². The highest BCUT2D eigenvalue weighted by molar-refractivity contribution is 6.30. The molecule has 0 N–H and O–H groups in total. The van der Waals surface area contributed by atoms with Gasteiger partial charge in [0, 0.05) is 18.2 Å². The second-order valence-corrected chi connectivity index (χ2v) is 4.13. The number of nitriles is 1. The average molecular weight is 293 g/mol. The maximum Gasteiger partial charge on any atom is 0.271 e. The first-order valence-electron chi connectivity index (χ1n) is 5.32. The summed E-state index contributed by atoms with van der Waals surface area (Å²) in [4.78, 5) is 10.0. The molecule has 2 aromatic carbocycles. The highest BCUT2D eigenvalue weighted by Crippen LogP contribution is 2.30. The molecule has 100 valence electrons. The van der Waals surface area contributed by atoms with Crippen molar-refractivity contribution in [2.24, 2.45) is 0 Å². The molecule has 0 saturated heterocycles. The summed E-state index contributed by atoms with van der Waals surface area (Å²) in [6.45, 7) is 0. The lowest BCUT2D eigenvalue weighted by molar-refractivity contribution is -0.384. The Hall–Kier alpha value is -2.65. The molecule has 0 fully saturated rings. The third-order valence-corrected chi connectivity index (χ3v) is 2.70. The van der Waals surface area contributed by atoms with Crippen LogP contribution < -0.4 is 4.74 Å². The van der Waals surface area contributed by atoms with Crippen molar-refractivity contribution in [1.29, 1.82) is 5.26 Å². The molecular weight excluding hydrogens is 287 g/mol. The van der Waals surface area contributed by atoms with E-state index in [1.165, 1.54) is 24.3 Å². The van der Waals surface area contributed by atoms with Crippen LogP contribution in [0.2, 0.25) is 5.02 Å². The summed E-state index contributed by atoms with van der Waals surface area (Å²) in [7, 11) is 0. The predicted octanol–water partition coefficient (Wildman–Crippen LogP) is 4.05. The summed E-state index contributed by atoms with van der Waals surface area (Å²) in [6, 6.07) is 9.11. The van der Waals surface area contributed by atoms with E-state index in [4.69, 9.17) is 21.6 Å². The number of nitrogens with zero attached hydrogens (tertiary/aromatic N) is 2. The van der Waals surface area contributed by atoms with Gasteiger partial charge in [-0.15, -0.1) is 0 Å². The first-order valence-corrected chi connectivity index (χ1v) is 5.70. The van der Waals surface area contributed by atoms with E-state index in [-0.39, 0.29) is 27.8 Å². The van der Waals surface area contributed by atoms with Crippen LogP contribution in [-0.2, 0) is 0 Å². The Morgan fingerprint density at radius 2 is 2.05 bits per heavy atom. The van der Waals surface area contributed by atoms with Crippen LogP contribution in [-0.4, -0.2) is 4.92 Å². The number of nitro groups is 1. The largest absolute Gasteiger partial charge is 0.456 e. The zero-order valence-corrected chi connectivity index (χ0v) is 10.6. The smallest absolute Gasteiger partial charge is 0.271 e. The lowest BCUT2D eigenvalue weighted by Crippen LogP contribution is -1.92. The zero-order chi connectivity index (χ0) is 14.7. The Kier molecular flexibility index (Phi) is 3.82. The van der Waals surface area contributed by atoms with Crippen molar-refractivity contribution in [1.82, 2.24) is 0 Å². The minimum Gasteiger partial charge on any atom is -0.456 e. The van der Waals surface area contributed by atoms with Crippen LogP contribution in [0.5, 0.6) is 11.5 Å². The Balaban J connectivity index is 2.36. The first-order chi connectivity index (χ1) is 9.51. The molecule has 0 spiro atoms. The van der Waals surface area contributed by atoms with Crippen molar-refractivity contribution in [3.63, 3.8) is 0 Å². The number of halogens is 2. The van der Waals surface area contributed by atoms with Crippen molar-refractivity contribution in [2.75, 3.05) is 0 Å². The van der Waals surface area contributed by atoms with Crippen LogP contribution in [0.15, 0.2) is 36.4 Å². The maximum atomic E-state index is 13.0. The Morgan fingerprint density at radius 1 is 1.30 bits per heavy atom. The number of hydrogen-bond donors (Lipinski definition) is 0. The molecule has 0 unspecified atom stereocenters. The first kappa shape index (κ1) is 13.8. The van der Waals surface area contributed by atoms with Crippen LogP contribution in [0.4, 0.5) is 10.1 Å². The van der Waals surface area contributed by atoms with E-state index in [1.54, 1.807) is 6.07 Å². The number of non-ortho nitro benzene ring substituents is 1. The van der Waals surface area contributed by atoms with E-state index >= 15 is 0 Å². The van der Waals surface area contributed by atoms with Gasteiger partial charge in [-0.2, -0.15) is 5.26 Å². The third kappa shape index (κ3) is 2.84. The molecule has 0 saturated carbocycles. The molecule has 0 amide bonds. The molecule has 0 aliphatic heterocycles. The molecule has 20 heavy (non-hydrogen) atoms. The molecule has 0 aliphatic carbocycles. The predicted molar refractivity (Wildman–Crippen MR) is 69.3 cm³/mol. The van der Waals surface area contributed by atoms with Crippen molar-refractivity contribution < 1.29 is 14.1 Å². The average Bonchev–Trinajstić information content (AvgIpc) is 2.43. The highest BCUT2D eigenvalue weighted by atomic mass is 35.5. The number of rotatable bonds is 3. The van der Waals surface area contributed by atoms with Crippen LogP contribution in [0, 0.1) is 27.3 Å². The molecule has 0 bridgehead atoms. The Labute approximate surface area is 117 Å². The van der Waals surface area contributed by atoms with E-state index in [0.29, 0.717) is 0 Å². The van der Waals surface area contributed by atoms with Crippen LogP contribution in [0.1, 0.15) is 5.56 Å². The van der Waals surface area contributed by atoms with Gasteiger partial charge in [0.25, 0.3) is 5.69 Å². The maximum absolute atomic E-state index is 13.0. The van der Waals surface area contributed by atoms with Crippen LogP contribution in [0.25, 0.3) is 0 Å². The van der Waals surface area contributed by atoms with Gasteiger partial charge in [-0.3, -0.25) is 10.1 Å². The molecule has 7 heteroatoms. The van der Waals surface area contributed by atoms with Crippen LogP contribution >= 0.6 is 11.6 Å². The van der Waals surface area contributed by atoms with E-state index in [2.05, 4.69) is 0 Å². The number of benzene rings is 2. The van der Waals surface area contributed by atoms with Crippen molar-refractivity contribution in [3.8, 4) is 17.6 Å². The molecule has 0 aromatic heterocycles. The van der Waals surface area contributed by atoms with Gasteiger partial charge < -0.3 is 4.74 Å². The summed E-state index contributed by atoms with van der Waals surface area (Å²) in [5.41, 5.74) is -0.217. The van der Waals surface area contributed by atoms with Crippen molar-refractivity contribution in [3.05, 3.63) is 62.9 Å². The number of hydrogen-bond acceptors (Lipinski definition) is 4. The van der Waals surface area contributed by atoms with E-state index < -0.39 is 10.7 Å². The molecule has 0 atom stereocenters.